The highest BCUT2D eigenvalue weighted by molar-refractivity contribution is 6.30. The van der Waals surface area contributed by atoms with Gasteiger partial charge in [-0.2, -0.15) is 0 Å². The van der Waals surface area contributed by atoms with E-state index in [9.17, 15) is 0 Å². The summed E-state index contributed by atoms with van der Waals surface area (Å²) < 4.78 is 1.94. The molecule has 2 N–H and O–H groups in total. The van der Waals surface area contributed by atoms with Crippen molar-refractivity contribution in [2.75, 3.05) is 5.73 Å². The molecule has 0 bridgehead atoms. The van der Waals surface area contributed by atoms with Crippen LogP contribution < -0.4 is 5.73 Å². The number of nitrogens with zero attached hydrogens (tertiary/aromatic N) is 2. The van der Waals surface area contributed by atoms with E-state index in [1.807, 2.05) is 42.7 Å². The minimum Gasteiger partial charge on any atom is -0.383 e. The number of nitrogens with two attached hydrogens (primary N) is 1. The summed E-state index contributed by atoms with van der Waals surface area (Å²) in [6.45, 7) is 8.33. The maximum Gasteiger partial charge on any atom is 0.132 e. The Balaban J connectivity index is 2.57. The summed E-state index contributed by atoms with van der Waals surface area (Å²) in [5.41, 5.74) is 9.04. The van der Waals surface area contributed by atoms with Crippen LogP contribution in [-0.4, -0.2) is 9.55 Å². The van der Waals surface area contributed by atoms with E-state index in [2.05, 4.69) is 11.6 Å². The highest BCUT2D eigenvalue weighted by atomic mass is 35.5. The van der Waals surface area contributed by atoms with Gasteiger partial charge in [0.1, 0.15) is 17.3 Å². The van der Waals surface area contributed by atoms with E-state index in [1.54, 1.807) is 0 Å². The largest absolute Gasteiger partial charge is 0.383 e. The van der Waals surface area contributed by atoms with E-state index >= 15 is 0 Å². The summed E-state index contributed by atoms with van der Waals surface area (Å²) >= 11 is 5.96. The first-order chi connectivity index (χ1) is 8.54. The fourth-order valence-corrected chi connectivity index (χ4v) is 2.26. The Labute approximate surface area is 112 Å². The number of allylic oxidation sites excluding steroid dienone is 1. The van der Waals surface area contributed by atoms with Crippen LogP contribution in [0.3, 0.4) is 0 Å². The monoisotopic (exact) mass is 261 g/mol. The topological polar surface area (TPSA) is 43.8 Å². The summed E-state index contributed by atoms with van der Waals surface area (Å²) in [6, 6.07) is 5.72. The van der Waals surface area contributed by atoms with Crippen LogP contribution in [0.2, 0.25) is 5.02 Å². The van der Waals surface area contributed by atoms with Gasteiger partial charge in [0, 0.05) is 17.1 Å². The van der Waals surface area contributed by atoms with Crippen molar-refractivity contribution in [2.45, 2.75) is 20.4 Å². The molecule has 0 radical (unpaired) electrons. The Kier molecular flexibility index (Phi) is 3.43. The van der Waals surface area contributed by atoms with Gasteiger partial charge in [0.2, 0.25) is 0 Å². The summed E-state index contributed by atoms with van der Waals surface area (Å²) in [5, 5.41) is 0.720. The Morgan fingerprint density at radius 2 is 2.17 bits per heavy atom. The maximum absolute atomic E-state index is 6.15. The van der Waals surface area contributed by atoms with Crippen LogP contribution >= 0.6 is 11.6 Å². The molecule has 18 heavy (non-hydrogen) atoms. The molecule has 0 aliphatic rings. The molecule has 2 aromatic rings. The van der Waals surface area contributed by atoms with Gasteiger partial charge in [-0.1, -0.05) is 23.7 Å². The fraction of sp³-hybridized carbons (Fsp3) is 0.214. The minimum absolute atomic E-state index is 0.664. The number of imidazole rings is 1. The van der Waals surface area contributed by atoms with Crippen molar-refractivity contribution in [1.29, 1.82) is 0 Å². The van der Waals surface area contributed by atoms with E-state index in [4.69, 9.17) is 17.3 Å². The van der Waals surface area contributed by atoms with Gasteiger partial charge in [0.15, 0.2) is 0 Å². The number of halogens is 1. The van der Waals surface area contributed by atoms with Crippen LogP contribution in [0.1, 0.15) is 11.4 Å². The summed E-state index contributed by atoms with van der Waals surface area (Å²) in [6.07, 6.45) is 1.81. The molecular formula is C14H16ClN3. The van der Waals surface area contributed by atoms with Crippen molar-refractivity contribution < 1.29 is 0 Å². The molecule has 0 saturated carbocycles. The molecule has 0 fully saturated rings. The molecule has 94 valence electrons. The number of hydrogen-bond acceptors (Lipinski definition) is 2. The quantitative estimate of drug-likeness (QED) is 0.858. The van der Waals surface area contributed by atoms with Crippen LogP contribution in [0, 0.1) is 13.8 Å². The zero-order chi connectivity index (χ0) is 13.3. The smallest absolute Gasteiger partial charge is 0.132 e. The Morgan fingerprint density at radius 3 is 2.78 bits per heavy atom. The van der Waals surface area contributed by atoms with E-state index < -0.39 is 0 Å². The average Bonchev–Trinajstić information content (AvgIpc) is 2.58. The molecule has 0 unspecified atom stereocenters. The number of aromatic nitrogens is 2. The van der Waals surface area contributed by atoms with Gasteiger partial charge in [-0.15, -0.1) is 6.58 Å². The number of rotatable bonds is 3. The first-order valence-electron chi connectivity index (χ1n) is 5.74. The van der Waals surface area contributed by atoms with Crippen LogP contribution in [0.4, 0.5) is 5.82 Å². The van der Waals surface area contributed by atoms with Crippen LogP contribution in [0.25, 0.3) is 11.3 Å². The highest BCUT2D eigenvalue weighted by Crippen LogP contribution is 2.30. The van der Waals surface area contributed by atoms with Crippen LogP contribution in [-0.2, 0) is 6.54 Å². The third kappa shape index (κ3) is 2.14. The van der Waals surface area contributed by atoms with Crippen molar-refractivity contribution in [1.82, 2.24) is 9.55 Å². The SMILES string of the molecule is C=CCn1c(C)nc(-c2ccc(Cl)cc2C)c1N. The maximum atomic E-state index is 6.15. The van der Waals surface area contributed by atoms with E-state index in [-0.39, 0.29) is 0 Å². The number of anilines is 1. The summed E-state index contributed by atoms with van der Waals surface area (Å²) in [7, 11) is 0. The zero-order valence-electron chi connectivity index (χ0n) is 10.6. The predicted octanol–water partition coefficient (Wildman–Crippen LogP) is 3.59. The predicted molar refractivity (Wildman–Crippen MR) is 76.8 cm³/mol. The van der Waals surface area contributed by atoms with Gasteiger partial charge < -0.3 is 10.3 Å². The summed E-state index contributed by atoms with van der Waals surface area (Å²) in [5.74, 6) is 1.55. The lowest BCUT2D eigenvalue weighted by molar-refractivity contribution is 0.792. The Bertz CT molecular complexity index is 599. The number of hydrogen-bond donors (Lipinski definition) is 1. The van der Waals surface area contributed by atoms with E-state index in [0.29, 0.717) is 12.4 Å². The van der Waals surface area contributed by atoms with E-state index in [0.717, 1.165) is 27.7 Å². The van der Waals surface area contributed by atoms with Gasteiger partial charge in [-0.25, -0.2) is 4.98 Å². The van der Waals surface area contributed by atoms with Gasteiger partial charge in [-0.3, -0.25) is 0 Å². The second-order valence-electron chi connectivity index (χ2n) is 4.25. The molecule has 2 rings (SSSR count). The van der Waals surface area contributed by atoms with E-state index in [1.165, 1.54) is 0 Å². The second kappa shape index (κ2) is 4.86. The molecule has 1 aromatic carbocycles. The molecule has 0 atom stereocenters. The average molecular weight is 262 g/mol. The molecule has 0 saturated heterocycles. The molecule has 3 nitrogen and oxygen atoms in total. The first-order valence-corrected chi connectivity index (χ1v) is 6.12. The lowest BCUT2D eigenvalue weighted by Gasteiger charge is -2.06. The molecular weight excluding hydrogens is 246 g/mol. The lowest BCUT2D eigenvalue weighted by atomic mass is 10.1. The van der Waals surface area contributed by atoms with Crippen molar-refractivity contribution in [3.8, 4) is 11.3 Å². The molecule has 0 spiro atoms. The van der Waals surface area contributed by atoms with Crippen LogP contribution in [0.15, 0.2) is 30.9 Å². The fourth-order valence-electron chi connectivity index (χ4n) is 2.03. The first kappa shape index (κ1) is 12.7. The number of nitrogen functional groups attached to an aromatic ring is 1. The normalized spacial score (nSPS) is 10.6. The second-order valence-corrected chi connectivity index (χ2v) is 4.69. The molecule has 0 amide bonds. The van der Waals surface area contributed by atoms with Crippen molar-refractivity contribution in [2.24, 2.45) is 0 Å². The molecule has 0 aliphatic carbocycles. The van der Waals surface area contributed by atoms with Gasteiger partial charge in [-0.05, 0) is 31.5 Å². The van der Waals surface area contributed by atoms with Crippen molar-refractivity contribution in [3.05, 3.63) is 47.3 Å². The summed E-state index contributed by atoms with van der Waals surface area (Å²) in [4.78, 5) is 4.54. The number of benzene rings is 1. The zero-order valence-corrected chi connectivity index (χ0v) is 11.3. The molecule has 1 heterocycles. The van der Waals surface area contributed by atoms with Crippen molar-refractivity contribution in [3.63, 3.8) is 0 Å². The molecule has 1 aromatic heterocycles. The van der Waals surface area contributed by atoms with Gasteiger partial charge in [0.25, 0.3) is 0 Å². The Hall–Kier alpha value is -1.74. The lowest BCUT2D eigenvalue weighted by Crippen LogP contribution is -2.03. The van der Waals surface area contributed by atoms with Crippen molar-refractivity contribution >= 4 is 17.4 Å². The minimum atomic E-state index is 0.664. The van der Waals surface area contributed by atoms with Crippen LogP contribution in [0.5, 0.6) is 0 Å². The number of aryl methyl sites for hydroxylation is 2. The van der Waals surface area contributed by atoms with Gasteiger partial charge >= 0.3 is 0 Å². The third-order valence-electron chi connectivity index (χ3n) is 2.95. The molecule has 0 aliphatic heterocycles. The Morgan fingerprint density at radius 1 is 1.44 bits per heavy atom. The van der Waals surface area contributed by atoms with Gasteiger partial charge in [0.05, 0.1) is 0 Å². The third-order valence-corrected chi connectivity index (χ3v) is 3.19. The highest BCUT2D eigenvalue weighted by Gasteiger charge is 2.14. The molecule has 4 heteroatoms. The standard InChI is InChI=1S/C14H16ClN3/c1-4-7-18-10(3)17-13(14(18)16)12-6-5-11(15)8-9(12)2/h4-6,8H,1,7,16H2,2-3H3.